The van der Waals surface area contributed by atoms with Crippen LogP contribution in [0.2, 0.25) is 0 Å². The van der Waals surface area contributed by atoms with Crippen molar-refractivity contribution in [1.29, 1.82) is 5.26 Å². The van der Waals surface area contributed by atoms with Crippen molar-refractivity contribution in [3.63, 3.8) is 0 Å². The molecule has 0 bridgehead atoms. The van der Waals surface area contributed by atoms with Gasteiger partial charge in [0.15, 0.2) is 0 Å². The largest absolute Gasteiger partial charge is 0.300 e. The van der Waals surface area contributed by atoms with Crippen molar-refractivity contribution in [2.24, 2.45) is 5.92 Å². The van der Waals surface area contributed by atoms with Gasteiger partial charge in [-0.05, 0) is 25.2 Å². The molecule has 1 aliphatic carbocycles. The summed E-state index contributed by atoms with van der Waals surface area (Å²) in [5.41, 5.74) is 0. The molecule has 2 heteroatoms. The minimum absolute atomic E-state index is 0.412. The highest BCUT2D eigenvalue weighted by Gasteiger charge is 2.15. The van der Waals surface area contributed by atoms with E-state index in [0.717, 1.165) is 32.1 Å². The van der Waals surface area contributed by atoms with Crippen molar-refractivity contribution < 1.29 is 4.79 Å². The highest BCUT2D eigenvalue weighted by molar-refractivity contribution is 5.78. The van der Waals surface area contributed by atoms with Crippen LogP contribution in [0.1, 0.15) is 57.8 Å². The van der Waals surface area contributed by atoms with E-state index in [-0.39, 0.29) is 0 Å². The lowest BCUT2D eigenvalue weighted by atomic mass is 9.92. The minimum Gasteiger partial charge on any atom is -0.300 e. The Labute approximate surface area is 86.3 Å². The van der Waals surface area contributed by atoms with Gasteiger partial charge in [0, 0.05) is 19.3 Å². The molecule has 1 unspecified atom stereocenters. The first-order chi connectivity index (χ1) is 6.83. The van der Waals surface area contributed by atoms with Gasteiger partial charge in [-0.15, -0.1) is 0 Å². The molecular formula is C12H19NO. The van der Waals surface area contributed by atoms with E-state index in [2.05, 4.69) is 6.07 Å². The topological polar surface area (TPSA) is 40.9 Å². The van der Waals surface area contributed by atoms with Crippen LogP contribution in [-0.2, 0) is 4.79 Å². The lowest BCUT2D eigenvalue weighted by Crippen LogP contribution is -2.07. The Morgan fingerprint density at radius 2 is 2.07 bits per heavy atom. The van der Waals surface area contributed by atoms with Gasteiger partial charge in [-0.1, -0.05) is 19.3 Å². The van der Waals surface area contributed by atoms with Crippen LogP contribution < -0.4 is 0 Å². The standard InChI is InChI=1S/C12H19NO/c13-9-5-7-11-6-3-1-2-4-8-12(14)10-11/h11H,1-8,10H2. The Kier molecular flexibility index (Phi) is 5.29. The molecule has 0 radical (unpaired) electrons. The molecule has 0 saturated heterocycles. The van der Waals surface area contributed by atoms with E-state index >= 15 is 0 Å². The molecule has 0 aromatic carbocycles. The molecule has 0 aliphatic heterocycles. The minimum atomic E-state index is 0.412. The van der Waals surface area contributed by atoms with Gasteiger partial charge >= 0.3 is 0 Å². The fraction of sp³-hybridized carbons (Fsp3) is 0.833. The third-order valence-electron chi connectivity index (χ3n) is 3.00. The average molecular weight is 193 g/mol. The zero-order chi connectivity index (χ0) is 10.2. The van der Waals surface area contributed by atoms with E-state index in [9.17, 15) is 4.79 Å². The van der Waals surface area contributed by atoms with Crippen LogP contribution in [0, 0.1) is 17.2 Å². The Morgan fingerprint density at radius 3 is 2.86 bits per heavy atom. The SMILES string of the molecule is N#CCCC1CCCCCCC(=O)C1. The Balaban J connectivity index is 2.37. The summed E-state index contributed by atoms with van der Waals surface area (Å²) < 4.78 is 0. The predicted octanol–water partition coefficient (Wildman–Crippen LogP) is 3.22. The number of Topliss-reactive ketones (excluding diaryl/α,β-unsaturated/α-hetero) is 1. The Hall–Kier alpha value is -0.840. The lowest BCUT2D eigenvalue weighted by Gasteiger charge is -2.12. The zero-order valence-electron chi connectivity index (χ0n) is 8.80. The molecule has 1 fully saturated rings. The van der Waals surface area contributed by atoms with Crippen LogP contribution >= 0.6 is 0 Å². The van der Waals surface area contributed by atoms with Crippen molar-refractivity contribution in [3.05, 3.63) is 0 Å². The van der Waals surface area contributed by atoms with Crippen molar-refractivity contribution in [2.45, 2.75) is 57.8 Å². The van der Waals surface area contributed by atoms with Crippen molar-refractivity contribution >= 4 is 5.78 Å². The fourth-order valence-electron chi connectivity index (χ4n) is 2.15. The van der Waals surface area contributed by atoms with Crippen LogP contribution in [0.15, 0.2) is 0 Å². The quantitative estimate of drug-likeness (QED) is 0.675. The molecule has 0 aromatic rings. The van der Waals surface area contributed by atoms with Crippen LogP contribution in [0.25, 0.3) is 0 Å². The molecule has 0 amide bonds. The summed E-state index contributed by atoms with van der Waals surface area (Å²) in [7, 11) is 0. The maximum absolute atomic E-state index is 11.5. The third kappa shape index (κ3) is 4.41. The molecule has 0 N–H and O–H groups in total. The summed E-state index contributed by atoms with van der Waals surface area (Å²) in [5.74, 6) is 0.898. The number of carbonyl (C=O) groups is 1. The number of rotatable bonds is 2. The van der Waals surface area contributed by atoms with Gasteiger partial charge in [-0.25, -0.2) is 0 Å². The molecule has 0 heterocycles. The van der Waals surface area contributed by atoms with Crippen LogP contribution in [0.4, 0.5) is 0 Å². The normalized spacial score (nSPS) is 24.5. The summed E-state index contributed by atoms with van der Waals surface area (Å²) in [6.45, 7) is 0. The van der Waals surface area contributed by atoms with Crippen molar-refractivity contribution in [2.75, 3.05) is 0 Å². The summed E-state index contributed by atoms with van der Waals surface area (Å²) in [4.78, 5) is 11.5. The van der Waals surface area contributed by atoms with E-state index in [1.54, 1.807) is 0 Å². The molecule has 0 aromatic heterocycles. The summed E-state index contributed by atoms with van der Waals surface area (Å²) >= 11 is 0. The van der Waals surface area contributed by atoms with Gasteiger partial charge in [0.05, 0.1) is 6.07 Å². The van der Waals surface area contributed by atoms with Gasteiger partial charge < -0.3 is 0 Å². The molecule has 78 valence electrons. The number of nitriles is 1. The third-order valence-corrected chi connectivity index (χ3v) is 3.00. The molecule has 1 rings (SSSR count). The number of ketones is 1. The second-order valence-corrected chi connectivity index (χ2v) is 4.26. The first-order valence-corrected chi connectivity index (χ1v) is 5.71. The fourth-order valence-corrected chi connectivity index (χ4v) is 2.15. The molecular weight excluding hydrogens is 174 g/mol. The monoisotopic (exact) mass is 193 g/mol. The Bertz CT molecular complexity index is 217. The van der Waals surface area contributed by atoms with Gasteiger partial charge in [0.25, 0.3) is 0 Å². The first kappa shape index (κ1) is 11.2. The van der Waals surface area contributed by atoms with Crippen molar-refractivity contribution in [1.82, 2.24) is 0 Å². The average Bonchev–Trinajstić information content (AvgIpc) is 2.27. The highest BCUT2D eigenvalue weighted by atomic mass is 16.1. The van der Waals surface area contributed by atoms with E-state index in [0.29, 0.717) is 18.1 Å². The van der Waals surface area contributed by atoms with E-state index in [1.807, 2.05) is 0 Å². The molecule has 1 atom stereocenters. The van der Waals surface area contributed by atoms with Gasteiger partial charge in [-0.2, -0.15) is 5.26 Å². The molecule has 0 spiro atoms. The lowest BCUT2D eigenvalue weighted by molar-refractivity contribution is -0.120. The highest BCUT2D eigenvalue weighted by Crippen LogP contribution is 2.23. The second-order valence-electron chi connectivity index (χ2n) is 4.26. The van der Waals surface area contributed by atoms with Gasteiger partial charge in [-0.3, -0.25) is 4.79 Å². The van der Waals surface area contributed by atoms with E-state index in [4.69, 9.17) is 5.26 Å². The van der Waals surface area contributed by atoms with Crippen LogP contribution in [0.5, 0.6) is 0 Å². The number of carbonyl (C=O) groups excluding carboxylic acids is 1. The maximum Gasteiger partial charge on any atom is 0.133 e. The Morgan fingerprint density at radius 1 is 1.29 bits per heavy atom. The molecule has 1 aliphatic rings. The maximum atomic E-state index is 11.5. The molecule has 14 heavy (non-hydrogen) atoms. The number of nitrogens with zero attached hydrogens (tertiary/aromatic N) is 1. The smallest absolute Gasteiger partial charge is 0.133 e. The number of hydrogen-bond acceptors (Lipinski definition) is 2. The zero-order valence-corrected chi connectivity index (χ0v) is 8.80. The van der Waals surface area contributed by atoms with Crippen LogP contribution in [0.3, 0.4) is 0 Å². The molecule has 2 nitrogen and oxygen atoms in total. The van der Waals surface area contributed by atoms with Gasteiger partial charge in [0.1, 0.15) is 5.78 Å². The van der Waals surface area contributed by atoms with E-state index in [1.165, 1.54) is 19.3 Å². The van der Waals surface area contributed by atoms with Crippen molar-refractivity contribution in [3.8, 4) is 6.07 Å². The number of hydrogen-bond donors (Lipinski definition) is 0. The molecule has 1 saturated carbocycles. The second kappa shape index (κ2) is 6.59. The van der Waals surface area contributed by atoms with E-state index < -0.39 is 0 Å². The van der Waals surface area contributed by atoms with Gasteiger partial charge in [0.2, 0.25) is 0 Å². The summed E-state index contributed by atoms with van der Waals surface area (Å²) in [5, 5.41) is 8.51. The predicted molar refractivity (Wildman–Crippen MR) is 55.7 cm³/mol. The summed E-state index contributed by atoms with van der Waals surface area (Å²) in [6, 6.07) is 2.17. The van der Waals surface area contributed by atoms with Crippen LogP contribution in [-0.4, -0.2) is 5.78 Å². The summed E-state index contributed by atoms with van der Waals surface area (Å²) in [6.07, 6.45) is 8.94. The first-order valence-electron chi connectivity index (χ1n) is 5.71.